The Labute approximate surface area is 186 Å². The Morgan fingerprint density at radius 2 is 1.66 bits per heavy atom. The Kier molecular flexibility index (Phi) is 6.36. The molecule has 2 heterocycles. The van der Waals surface area contributed by atoms with Crippen LogP contribution in [0, 0.1) is 0 Å². The molecule has 0 aliphatic rings. The maximum Gasteiger partial charge on any atom is 0.259 e. The fraction of sp³-hybridized carbons (Fsp3) is 0.120. The van der Waals surface area contributed by atoms with Crippen LogP contribution in [-0.2, 0) is 18.4 Å². The summed E-state index contributed by atoms with van der Waals surface area (Å²) in [5.41, 5.74) is 2.40. The van der Waals surface area contributed by atoms with Crippen LogP contribution < -0.4 is 10.2 Å². The molecule has 1 atom stereocenters. The average molecular weight is 425 g/mol. The first-order chi connectivity index (χ1) is 15.6. The second kappa shape index (κ2) is 9.70. The van der Waals surface area contributed by atoms with E-state index in [0.717, 1.165) is 5.56 Å². The number of aryl methyl sites for hydroxylation is 1. The van der Waals surface area contributed by atoms with Gasteiger partial charge in [-0.2, -0.15) is 5.10 Å². The highest BCUT2D eigenvalue weighted by molar-refractivity contribution is 6.09. The highest BCUT2D eigenvalue weighted by Crippen LogP contribution is 2.28. The highest BCUT2D eigenvalue weighted by atomic mass is 16.2. The molecule has 0 saturated heterocycles. The van der Waals surface area contributed by atoms with Gasteiger partial charge in [0.15, 0.2) is 6.04 Å². The molecule has 0 saturated carbocycles. The number of aromatic nitrogens is 3. The summed E-state index contributed by atoms with van der Waals surface area (Å²) in [7, 11) is 1.76. The smallest absolute Gasteiger partial charge is 0.259 e. The Morgan fingerprint density at radius 1 is 0.969 bits per heavy atom. The van der Waals surface area contributed by atoms with E-state index in [-0.39, 0.29) is 11.8 Å². The van der Waals surface area contributed by atoms with E-state index in [9.17, 15) is 9.59 Å². The van der Waals surface area contributed by atoms with Crippen molar-refractivity contribution in [2.24, 2.45) is 7.05 Å². The minimum Gasteiger partial charge on any atom is -0.350 e. The minimum atomic E-state index is -0.975. The van der Waals surface area contributed by atoms with Crippen LogP contribution in [0.25, 0.3) is 0 Å². The number of anilines is 1. The van der Waals surface area contributed by atoms with Gasteiger partial charge in [0, 0.05) is 31.5 Å². The summed E-state index contributed by atoms with van der Waals surface area (Å²) >= 11 is 0. The summed E-state index contributed by atoms with van der Waals surface area (Å²) in [5, 5.41) is 7.17. The lowest BCUT2D eigenvalue weighted by Crippen LogP contribution is -2.44. The highest BCUT2D eigenvalue weighted by Gasteiger charge is 2.35. The number of amides is 2. The molecule has 7 heteroatoms. The number of carbonyl (C=O) groups is 2. The van der Waals surface area contributed by atoms with Crippen LogP contribution >= 0.6 is 0 Å². The molecule has 0 spiro atoms. The van der Waals surface area contributed by atoms with Gasteiger partial charge in [0.05, 0.1) is 17.6 Å². The van der Waals surface area contributed by atoms with E-state index in [0.29, 0.717) is 23.5 Å². The third-order valence-electron chi connectivity index (χ3n) is 4.99. The van der Waals surface area contributed by atoms with Crippen molar-refractivity contribution >= 4 is 17.5 Å². The van der Waals surface area contributed by atoms with E-state index in [2.05, 4.69) is 15.4 Å². The van der Waals surface area contributed by atoms with E-state index in [1.54, 1.807) is 72.8 Å². The molecule has 2 amide bonds. The van der Waals surface area contributed by atoms with Crippen molar-refractivity contribution in [2.75, 3.05) is 4.90 Å². The summed E-state index contributed by atoms with van der Waals surface area (Å²) in [6.45, 7) is 0.337. The van der Waals surface area contributed by atoms with Gasteiger partial charge in [0.2, 0.25) is 5.91 Å². The van der Waals surface area contributed by atoms with Gasteiger partial charge in [-0.15, -0.1) is 0 Å². The normalized spacial score (nSPS) is 11.5. The number of hydrogen-bond donors (Lipinski definition) is 1. The molecule has 0 aliphatic heterocycles. The van der Waals surface area contributed by atoms with Gasteiger partial charge in [0.1, 0.15) is 0 Å². The van der Waals surface area contributed by atoms with Gasteiger partial charge in [-0.1, -0.05) is 54.6 Å². The summed E-state index contributed by atoms with van der Waals surface area (Å²) < 4.78 is 1.60. The largest absolute Gasteiger partial charge is 0.350 e. The van der Waals surface area contributed by atoms with Gasteiger partial charge in [-0.05, 0) is 29.8 Å². The fourth-order valence-electron chi connectivity index (χ4n) is 3.44. The Hall–Kier alpha value is -4.26. The van der Waals surface area contributed by atoms with Crippen molar-refractivity contribution in [3.8, 4) is 0 Å². The monoisotopic (exact) mass is 425 g/mol. The molecule has 0 aliphatic carbocycles. The SMILES string of the molecule is Cn1cc(N(C(=O)c2ccccc2)C(C(=O)NCc2ccccc2)c2ccccn2)cn1. The maximum absolute atomic E-state index is 13.6. The summed E-state index contributed by atoms with van der Waals surface area (Å²) in [4.78, 5) is 33.0. The first kappa shape index (κ1) is 21.0. The van der Waals surface area contributed by atoms with E-state index in [4.69, 9.17) is 0 Å². The fourth-order valence-corrected chi connectivity index (χ4v) is 3.44. The van der Waals surface area contributed by atoms with Crippen LogP contribution in [0.5, 0.6) is 0 Å². The van der Waals surface area contributed by atoms with Gasteiger partial charge < -0.3 is 5.32 Å². The van der Waals surface area contributed by atoms with Gasteiger partial charge in [-0.25, -0.2) is 0 Å². The lowest BCUT2D eigenvalue weighted by atomic mass is 10.1. The molecule has 4 rings (SSSR count). The lowest BCUT2D eigenvalue weighted by molar-refractivity contribution is -0.122. The molecule has 4 aromatic rings. The van der Waals surface area contributed by atoms with E-state index in [1.165, 1.54) is 4.90 Å². The average Bonchev–Trinajstić information content (AvgIpc) is 3.28. The molecule has 0 radical (unpaired) electrons. The van der Waals surface area contributed by atoms with Crippen molar-refractivity contribution in [2.45, 2.75) is 12.6 Å². The van der Waals surface area contributed by atoms with Gasteiger partial charge >= 0.3 is 0 Å². The van der Waals surface area contributed by atoms with Crippen molar-refractivity contribution in [1.82, 2.24) is 20.1 Å². The molecule has 1 N–H and O–H groups in total. The number of nitrogens with zero attached hydrogens (tertiary/aromatic N) is 4. The molecule has 160 valence electrons. The van der Waals surface area contributed by atoms with Gasteiger partial charge in [0.25, 0.3) is 5.91 Å². The summed E-state index contributed by atoms with van der Waals surface area (Å²) in [5.74, 6) is -0.648. The second-order valence-corrected chi connectivity index (χ2v) is 7.27. The summed E-state index contributed by atoms with van der Waals surface area (Å²) in [6.07, 6.45) is 4.89. The Balaban J connectivity index is 1.74. The van der Waals surface area contributed by atoms with Crippen molar-refractivity contribution < 1.29 is 9.59 Å². The quantitative estimate of drug-likeness (QED) is 0.491. The summed E-state index contributed by atoms with van der Waals surface area (Å²) in [6, 6.07) is 22.8. The van der Waals surface area contributed by atoms with Gasteiger partial charge in [-0.3, -0.25) is 24.2 Å². The number of hydrogen-bond acceptors (Lipinski definition) is 4. The van der Waals surface area contributed by atoms with E-state index >= 15 is 0 Å². The first-order valence-corrected chi connectivity index (χ1v) is 10.2. The molecule has 2 aromatic heterocycles. The number of rotatable bonds is 7. The third kappa shape index (κ3) is 4.73. The number of pyridine rings is 1. The minimum absolute atomic E-state index is 0.316. The van der Waals surface area contributed by atoms with E-state index < -0.39 is 6.04 Å². The molecule has 32 heavy (non-hydrogen) atoms. The molecule has 2 aromatic carbocycles. The molecule has 0 bridgehead atoms. The van der Waals surface area contributed by atoms with Crippen LogP contribution in [0.3, 0.4) is 0 Å². The Bertz CT molecular complexity index is 1180. The van der Waals surface area contributed by atoms with Crippen molar-refractivity contribution in [3.05, 3.63) is 114 Å². The molecular formula is C25H23N5O2. The van der Waals surface area contributed by atoms with Crippen LogP contribution in [0.2, 0.25) is 0 Å². The van der Waals surface area contributed by atoms with Crippen molar-refractivity contribution in [3.63, 3.8) is 0 Å². The topological polar surface area (TPSA) is 80.1 Å². The zero-order valence-electron chi connectivity index (χ0n) is 17.6. The predicted molar refractivity (Wildman–Crippen MR) is 122 cm³/mol. The molecule has 0 fully saturated rings. The Morgan fingerprint density at radius 3 is 2.28 bits per heavy atom. The predicted octanol–water partition coefficient (Wildman–Crippen LogP) is 3.52. The van der Waals surface area contributed by atoms with Crippen LogP contribution in [0.4, 0.5) is 5.69 Å². The van der Waals surface area contributed by atoms with Crippen LogP contribution in [0.15, 0.2) is 97.5 Å². The second-order valence-electron chi connectivity index (χ2n) is 7.27. The first-order valence-electron chi connectivity index (χ1n) is 10.2. The van der Waals surface area contributed by atoms with Crippen LogP contribution in [-0.4, -0.2) is 26.6 Å². The van der Waals surface area contributed by atoms with Crippen LogP contribution in [0.1, 0.15) is 27.7 Å². The molecular weight excluding hydrogens is 402 g/mol. The third-order valence-corrected chi connectivity index (χ3v) is 4.99. The van der Waals surface area contributed by atoms with Crippen molar-refractivity contribution in [1.29, 1.82) is 0 Å². The maximum atomic E-state index is 13.6. The zero-order chi connectivity index (χ0) is 22.3. The number of carbonyl (C=O) groups excluding carboxylic acids is 2. The number of benzene rings is 2. The lowest BCUT2D eigenvalue weighted by Gasteiger charge is -2.29. The zero-order valence-corrected chi connectivity index (χ0v) is 17.6. The number of nitrogens with one attached hydrogen (secondary N) is 1. The molecule has 1 unspecified atom stereocenters. The standard InChI is InChI=1S/C25H23N5O2/c1-29-18-21(17-28-29)30(25(32)20-12-6-3-7-13-20)23(22-14-8-9-15-26-22)24(31)27-16-19-10-4-2-5-11-19/h2-15,17-18,23H,16H2,1H3,(H,27,31). The van der Waals surface area contributed by atoms with E-state index in [1.807, 2.05) is 36.4 Å². The molecule has 7 nitrogen and oxygen atoms in total.